The van der Waals surface area contributed by atoms with Crippen molar-refractivity contribution in [2.75, 3.05) is 6.54 Å². The Bertz CT molecular complexity index is 287. The van der Waals surface area contributed by atoms with Gasteiger partial charge in [-0.3, -0.25) is 0 Å². The van der Waals surface area contributed by atoms with Crippen LogP contribution in [-0.4, -0.2) is 11.7 Å². The molecule has 1 heterocycles. The molecule has 0 radical (unpaired) electrons. The highest BCUT2D eigenvalue weighted by molar-refractivity contribution is 5.23. The molecule has 1 saturated carbocycles. The minimum Gasteiger partial charge on any atom is -0.360 e. The summed E-state index contributed by atoms with van der Waals surface area (Å²) in [5.74, 6) is 1.02. The number of nitrogens with zero attached hydrogens (tertiary/aromatic N) is 1. The van der Waals surface area contributed by atoms with E-state index in [2.05, 4.69) is 5.16 Å². The second-order valence-electron chi connectivity index (χ2n) is 4.03. The standard InChI is InChI=1S/C10H16N2O/c1-8-6-12-13-9(8)10(7-11)4-2-3-5-10/h6H,2-5,7,11H2,1H3. The molecule has 13 heavy (non-hydrogen) atoms. The second kappa shape index (κ2) is 3.14. The van der Waals surface area contributed by atoms with E-state index in [4.69, 9.17) is 10.3 Å². The van der Waals surface area contributed by atoms with Gasteiger partial charge in [0.1, 0.15) is 5.76 Å². The molecule has 1 aliphatic rings. The van der Waals surface area contributed by atoms with E-state index in [0.29, 0.717) is 6.54 Å². The van der Waals surface area contributed by atoms with Crippen LogP contribution in [0.15, 0.2) is 10.7 Å². The maximum absolute atomic E-state index is 5.84. The minimum atomic E-state index is 0.0978. The summed E-state index contributed by atoms with van der Waals surface area (Å²) < 4.78 is 5.31. The molecule has 1 aromatic rings. The first-order chi connectivity index (χ1) is 6.28. The van der Waals surface area contributed by atoms with Gasteiger partial charge < -0.3 is 10.3 Å². The number of aromatic nitrogens is 1. The Morgan fingerprint density at radius 2 is 2.23 bits per heavy atom. The minimum absolute atomic E-state index is 0.0978. The van der Waals surface area contributed by atoms with Crippen LogP contribution in [0, 0.1) is 6.92 Å². The van der Waals surface area contributed by atoms with Crippen LogP contribution in [0.5, 0.6) is 0 Å². The first kappa shape index (κ1) is 8.75. The fourth-order valence-electron chi connectivity index (χ4n) is 2.38. The van der Waals surface area contributed by atoms with E-state index in [1.807, 2.05) is 6.92 Å². The topological polar surface area (TPSA) is 52.0 Å². The molecule has 0 aromatic carbocycles. The van der Waals surface area contributed by atoms with Gasteiger partial charge in [-0.15, -0.1) is 0 Å². The number of hydrogen-bond acceptors (Lipinski definition) is 3. The zero-order valence-electron chi connectivity index (χ0n) is 8.05. The predicted molar refractivity (Wildman–Crippen MR) is 50.4 cm³/mol. The fraction of sp³-hybridized carbons (Fsp3) is 0.700. The molecule has 0 amide bonds. The molecule has 0 unspecified atom stereocenters. The molecule has 2 N–H and O–H groups in total. The van der Waals surface area contributed by atoms with Crippen LogP contribution in [0.1, 0.15) is 37.0 Å². The third kappa shape index (κ3) is 1.27. The summed E-state index contributed by atoms with van der Waals surface area (Å²) in [5, 5.41) is 3.83. The molecule has 0 atom stereocenters. The molecule has 0 bridgehead atoms. The molecular formula is C10H16N2O. The predicted octanol–water partition coefficient (Wildman–Crippen LogP) is 1.75. The Morgan fingerprint density at radius 3 is 2.69 bits per heavy atom. The van der Waals surface area contributed by atoms with Crippen LogP contribution in [-0.2, 0) is 5.41 Å². The molecule has 0 aliphatic heterocycles. The number of nitrogens with two attached hydrogens (primary N) is 1. The van der Waals surface area contributed by atoms with Crippen molar-refractivity contribution in [3.8, 4) is 0 Å². The van der Waals surface area contributed by atoms with Crippen LogP contribution in [0.4, 0.5) is 0 Å². The molecule has 1 aliphatic carbocycles. The van der Waals surface area contributed by atoms with Crippen LogP contribution in [0.25, 0.3) is 0 Å². The monoisotopic (exact) mass is 180 g/mol. The lowest BCUT2D eigenvalue weighted by Crippen LogP contribution is -2.32. The Balaban J connectivity index is 2.36. The Labute approximate surface area is 78.3 Å². The van der Waals surface area contributed by atoms with Crippen LogP contribution >= 0.6 is 0 Å². The van der Waals surface area contributed by atoms with Crippen LogP contribution < -0.4 is 5.73 Å². The molecular weight excluding hydrogens is 164 g/mol. The van der Waals surface area contributed by atoms with Crippen molar-refractivity contribution in [2.45, 2.75) is 38.0 Å². The molecule has 1 aromatic heterocycles. The summed E-state index contributed by atoms with van der Waals surface area (Å²) >= 11 is 0. The maximum Gasteiger partial charge on any atom is 0.147 e. The highest BCUT2D eigenvalue weighted by Crippen LogP contribution is 2.41. The zero-order valence-corrected chi connectivity index (χ0v) is 8.05. The van der Waals surface area contributed by atoms with Crippen molar-refractivity contribution < 1.29 is 4.52 Å². The molecule has 0 spiro atoms. The van der Waals surface area contributed by atoms with Gasteiger partial charge >= 0.3 is 0 Å². The normalized spacial score (nSPS) is 20.8. The molecule has 3 nitrogen and oxygen atoms in total. The highest BCUT2D eigenvalue weighted by atomic mass is 16.5. The lowest BCUT2D eigenvalue weighted by molar-refractivity contribution is 0.292. The lowest BCUT2D eigenvalue weighted by atomic mass is 9.82. The van der Waals surface area contributed by atoms with Crippen molar-refractivity contribution in [1.82, 2.24) is 5.16 Å². The Kier molecular flexibility index (Phi) is 2.12. The van der Waals surface area contributed by atoms with E-state index in [1.165, 1.54) is 12.8 Å². The van der Waals surface area contributed by atoms with Crippen molar-refractivity contribution in [2.24, 2.45) is 5.73 Å². The van der Waals surface area contributed by atoms with Gasteiger partial charge in [0.25, 0.3) is 0 Å². The summed E-state index contributed by atoms with van der Waals surface area (Å²) in [7, 11) is 0. The fourth-order valence-corrected chi connectivity index (χ4v) is 2.38. The van der Waals surface area contributed by atoms with Gasteiger partial charge in [-0.25, -0.2) is 0 Å². The van der Waals surface area contributed by atoms with Gasteiger partial charge in [0.05, 0.1) is 6.20 Å². The van der Waals surface area contributed by atoms with E-state index in [1.54, 1.807) is 6.20 Å². The van der Waals surface area contributed by atoms with Gasteiger partial charge in [-0.2, -0.15) is 0 Å². The third-order valence-corrected chi connectivity index (χ3v) is 3.18. The second-order valence-corrected chi connectivity index (χ2v) is 4.03. The van der Waals surface area contributed by atoms with Crippen molar-refractivity contribution in [3.05, 3.63) is 17.5 Å². The van der Waals surface area contributed by atoms with Crippen LogP contribution in [0.3, 0.4) is 0 Å². The van der Waals surface area contributed by atoms with Gasteiger partial charge in [-0.1, -0.05) is 18.0 Å². The number of hydrogen-bond donors (Lipinski definition) is 1. The van der Waals surface area contributed by atoms with E-state index in [-0.39, 0.29) is 5.41 Å². The third-order valence-electron chi connectivity index (χ3n) is 3.18. The molecule has 1 fully saturated rings. The average molecular weight is 180 g/mol. The number of rotatable bonds is 2. The SMILES string of the molecule is Cc1cnoc1C1(CN)CCCC1. The van der Waals surface area contributed by atoms with Gasteiger partial charge in [0.2, 0.25) is 0 Å². The first-order valence-electron chi connectivity index (χ1n) is 4.90. The van der Waals surface area contributed by atoms with Crippen molar-refractivity contribution >= 4 is 0 Å². The molecule has 0 saturated heterocycles. The summed E-state index contributed by atoms with van der Waals surface area (Å²) in [6.45, 7) is 2.73. The van der Waals surface area contributed by atoms with Crippen molar-refractivity contribution in [3.63, 3.8) is 0 Å². The Hall–Kier alpha value is -0.830. The summed E-state index contributed by atoms with van der Waals surface area (Å²) in [5.41, 5.74) is 7.08. The largest absolute Gasteiger partial charge is 0.360 e. The Morgan fingerprint density at radius 1 is 1.54 bits per heavy atom. The maximum atomic E-state index is 5.84. The smallest absolute Gasteiger partial charge is 0.147 e. The molecule has 3 heteroatoms. The van der Waals surface area contributed by atoms with Gasteiger partial charge in [0, 0.05) is 17.5 Å². The molecule has 72 valence electrons. The van der Waals surface area contributed by atoms with Gasteiger partial charge in [-0.05, 0) is 19.8 Å². The first-order valence-corrected chi connectivity index (χ1v) is 4.90. The number of aryl methyl sites for hydroxylation is 1. The van der Waals surface area contributed by atoms with E-state index in [9.17, 15) is 0 Å². The summed E-state index contributed by atoms with van der Waals surface area (Å²) in [4.78, 5) is 0. The van der Waals surface area contributed by atoms with E-state index < -0.39 is 0 Å². The quantitative estimate of drug-likeness (QED) is 0.754. The van der Waals surface area contributed by atoms with E-state index >= 15 is 0 Å². The lowest BCUT2D eigenvalue weighted by Gasteiger charge is -2.24. The average Bonchev–Trinajstić information content (AvgIpc) is 2.73. The zero-order chi connectivity index (χ0) is 9.31. The van der Waals surface area contributed by atoms with Crippen LogP contribution in [0.2, 0.25) is 0 Å². The highest BCUT2D eigenvalue weighted by Gasteiger charge is 2.38. The summed E-state index contributed by atoms with van der Waals surface area (Å²) in [6.07, 6.45) is 6.61. The summed E-state index contributed by atoms with van der Waals surface area (Å²) in [6, 6.07) is 0. The van der Waals surface area contributed by atoms with Crippen molar-refractivity contribution in [1.29, 1.82) is 0 Å². The van der Waals surface area contributed by atoms with E-state index in [0.717, 1.165) is 24.2 Å². The van der Waals surface area contributed by atoms with Gasteiger partial charge in [0.15, 0.2) is 0 Å². The molecule has 2 rings (SSSR count).